The van der Waals surface area contributed by atoms with Crippen LogP contribution in [0, 0.1) is 25.7 Å². The van der Waals surface area contributed by atoms with Gasteiger partial charge in [0.2, 0.25) is 11.8 Å². The fraction of sp³-hybridized carbons (Fsp3) is 0.276. The number of nitrogens with one attached hydrogen (secondary N) is 6. The van der Waals surface area contributed by atoms with E-state index in [0.717, 1.165) is 72.1 Å². The molecule has 3 aromatic carbocycles. The summed E-state index contributed by atoms with van der Waals surface area (Å²) in [7, 11) is 0. The van der Waals surface area contributed by atoms with E-state index in [-0.39, 0.29) is 81.5 Å². The van der Waals surface area contributed by atoms with Crippen molar-refractivity contribution in [3.8, 4) is 45.3 Å². The quantitative estimate of drug-likeness (QED) is 0.0157. The number of hydrogen-bond acceptors (Lipinski definition) is 17. The summed E-state index contributed by atoms with van der Waals surface area (Å²) in [5.41, 5.74) is 17.6. The Morgan fingerprint density at radius 3 is 1.83 bits per heavy atom. The number of imidazole rings is 2. The number of fused-ring (bicyclic) bond motifs is 2. The SMILES string of the molecule is Cc1cccc(-c2[nH]c(CN(Cc3cccc(Cl)c3)C(=O)OCc3ccc(NC(=O)[C@H](CCCNC(N)=O)CC(=O)[C@@H](NC(=O)CCCCCN4C(=O)C=CC4=O)C(C)C)cc3)nc2-c2ccc3ncnn3c2)n1.Cc1cccc(-c2[nH]c(CNCc3cccc(Cl)c3)nc2-c2ccc3ncnn3c2)n1. The molecule has 540 valence electrons. The van der Waals surface area contributed by atoms with Crippen molar-refractivity contribution in [2.24, 2.45) is 17.6 Å². The van der Waals surface area contributed by atoms with Crippen molar-refractivity contribution in [3.05, 3.63) is 220 Å². The molecule has 0 spiro atoms. The van der Waals surface area contributed by atoms with Gasteiger partial charge in [0.25, 0.3) is 11.8 Å². The van der Waals surface area contributed by atoms with Crippen LogP contribution in [0.25, 0.3) is 56.6 Å². The summed E-state index contributed by atoms with van der Waals surface area (Å²) in [5, 5.41) is 21.4. The number of ether oxygens (including phenoxy) is 1. The number of nitrogens with two attached hydrogens (primary N) is 1. The van der Waals surface area contributed by atoms with E-state index in [9.17, 15) is 33.6 Å². The van der Waals surface area contributed by atoms with Crippen LogP contribution in [0.15, 0.2) is 171 Å². The molecule has 8 N–H and O–H groups in total. The Balaban J connectivity index is 0.000000293. The number of primary amides is 1. The van der Waals surface area contributed by atoms with Crippen molar-refractivity contribution in [1.29, 1.82) is 0 Å². The monoisotopic (exact) mass is 1460 g/mol. The molecule has 0 bridgehead atoms. The molecule has 0 fully saturated rings. The van der Waals surface area contributed by atoms with Gasteiger partial charge in [-0.1, -0.05) is 92.0 Å². The number of pyridine rings is 4. The van der Waals surface area contributed by atoms with Crippen LogP contribution < -0.4 is 27.0 Å². The number of imide groups is 1. The van der Waals surface area contributed by atoms with Gasteiger partial charge >= 0.3 is 12.1 Å². The second-order valence-corrected chi connectivity index (χ2v) is 26.5. The van der Waals surface area contributed by atoms with E-state index < -0.39 is 30.0 Å². The number of carbonyl (C=O) groups excluding carboxylic acids is 7. The molecule has 7 amide bonds. The molecule has 0 radical (unpaired) electrons. The highest BCUT2D eigenvalue weighted by atomic mass is 35.5. The van der Waals surface area contributed by atoms with Gasteiger partial charge in [-0.05, 0) is 147 Å². The molecule has 29 heteroatoms. The first-order chi connectivity index (χ1) is 50.7. The highest BCUT2D eigenvalue weighted by molar-refractivity contribution is 6.31. The molecule has 9 heterocycles. The smallest absolute Gasteiger partial charge is 0.410 e. The van der Waals surface area contributed by atoms with Crippen LogP contribution >= 0.6 is 23.2 Å². The second-order valence-electron chi connectivity index (χ2n) is 25.6. The molecule has 8 aromatic heterocycles. The summed E-state index contributed by atoms with van der Waals surface area (Å²) in [6, 6.07) is 39.5. The minimum atomic E-state index is -0.859. The van der Waals surface area contributed by atoms with E-state index in [1.165, 1.54) is 29.7 Å². The number of anilines is 1. The van der Waals surface area contributed by atoms with Gasteiger partial charge < -0.3 is 41.7 Å². The van der Waals surface area contributed by atoms with Crippen LogP contribution in [0.4, 0.5) is 15.3 Å². The molecule has 0 saturated carbocycles. The maximum absolute atomic E-state index is 14.0. The third-order valence-electron chi connectivity index (χ3n) is 17.2. The number of ketones is 1. The highest BCUT2D eigenvalue weighted by Gasteiger charge is 2.31. The van der Waals surface area contributed by atoms with Gasteiger partial charge in [0.05, 0.1) is 53.3 Å². The van der Waals surface area contributed by atoms with Gasteiger partial charge in [-0.25, -0.2) is 38.6 Å². The molecular formula is C76H79Cl2N19O8. The number of aryl methyl sites for hydroxylation is 2. The van der Waals surface area contributed by atoms with Crippen molar-refractivity contribution >= 4 is 81.7 Å². The number of hydrogen-bond donors (Lipinski definition) is 7. The van der Waals surface area contributed by atoms with Gasteiger partial charge in [0.1, 0.15) is 30.9 Å². The molecule has 0 aliphatic carbocycles. The maximum Gasteiger partial charge on any atom is 0.410 e. The van der Waals surface area contributed by atoms with Crippen LogP contribution in [-0.4, -0.2) is 130 Å². The minimum absolute atomic E-state index is 0.0281. The number of H-pyrrole nitrogens is 2. The number of halogens is 2. The van der Waals surface area contributed by atoms with Gasteiger partial charge in [-0.15, -0.1) is 0 Å². The van der Waals surface area contributed by atoms with Crippen LogP contribution in [0.5, 0.6) is 0 Å². The lowest BCUT2D eigenvalue weighted by Crippen LogP contribution is -2.45. The number of carbonyl (C=O) groups is 7. The van der Waals surface area contributed by atoms with E-state index in [4.69, 9.17) is 53.6 Å². The molecule has 1 aliphatic rings. The first-order valence-electron chi connectivity index (χ1n) is 34.3. The molecule has 105 heavy (non-hydrogen) atoms. The summed E-state index contributed by atoms with van der Waals surface area (Å²) >= 11 is 12.4. The lowest BCUT2D eigenvalue weighted by atomic mass is 9.89. The highest BCUT2D eigenvalue weighted by Crippen LogP contribution is 2.33. The Morgan fingerprint density at radius 2 is 1.23 bits per heavy atom. The Labute approximate surface area is 614 Å². The predicted molar refractivity (Wildman–Crippen MR) is 396 cm³/mol. The van der Waals surface area contributed by atoms with Crippen molar-refractivity contribution in [2.75, 3.05) is 18.4 Å². The molecule has 27 nitrogen and oxygen atoms in total. The molecule has 11 aromatic rings. The van der Waals surface area contributed by atoms with Gasteiger partial charge in [0.15, 0.2) is 17.1 Å². The molecule has 0 saturated heterocycles. The van der Waals surface area contributed by atoms with Crippen molar-refractivity contribution in [3.63, 3.8) is 0 Å². The number of amides is 7. The summed E-state index contributed by atoms with van der Waals surface area (Å²) in [4.78, 5) is 127. The van der Waals surface area contributed by atoms with Crippen molar-refractivity contribution in [2.45, 2.75) is 111 Å². The van der Waals surface area contributed by atoms with Crippen LogP contribution in [0.1, 0.15) is 98.5 Å². The Kier molecular flexibility index (Phi) is 25.1. The Hall–Kier alpha value is -11.8. The molecule has 0 unspecified atom stereocenters. The molecule has 12 rings (SSSR count). The second kappa shape index (κ2) is 35.4. The van der Waals surface area contributed by atoms with Crippen LogP contribution in [-0.2, 0) is 61.5 Å². The van der Waals surface area contributed by atoms with E-state index in [2.05, 4.69) is 51.4 Å². The number of urea groups is 1. The third kappa shape index (κ3) is 20.5. The zero-order chi connectivity index (χ0) is 73.9. The number of aromatic amines is 2. The zero-order valence-electron chi connectivity index (χ0n) is 58.3. The number of Topliss-reactive ketones (excluding diaryl/α,β-unsaturated/α-hetero) is 1. The zero-order valence-corrected chi connectivity index (χ0v) is 59.8. The third-order valence-corrected chi connectivity index (χ3v) is 17.7. The van der Waals surface area contributed by atoms with E-state index >= 15 is 0 Å². The molecule has 2 atom stereocenters. The lowest BCUT2D eigenvalue weighted by Gasteiger charge is -2.24. The van der Waals surface area contributed by atoms with Crippen LogP contribution in [0.2, 0.25) is 10.0 Å². The maximum atomic E-state index is 14.0. The van der Waals surface area contributed by atoms with Crippen molar-refractivity contribution in [1.82, 2.24) is 84.9 Å². The number of aromatic nitrogens is 12. The fourth-order valence-corrected chi connectivity index (χ4v) is 12.4. The number of unbranched alkanes of at least 4 members (excludes halogenated alkanes) is 2. The summed E-state index contributed by atoms with van der Waals surface area (Å²) < 4.78 is 9.29. The Bertz CT molecular complexity index is 4930. The lowest BCUT2D eigenvalue weighted by molar-refractivity contribution is -0.137. The first kappa shape index (κ1) is 74.4. The Morgan fingerprint density at radius 1 is 0.638 bits per heavy atom. The summed E-state index contributed by atoms with van der Waals surface area (Å²) in [5.74, 6) is -1.59. The summed E-state index contributed by atoms with van der Waals surface area (Å²) in [6.07, 6.45) is 10.8. The fourth-order valence-electron chi connectivity index (χ4n) is 11.9. The first-order valence-corrected chi connectivity index (χ1v) is 35.1. The average Bonchev–Trinajstić information content (AvgIpc) is 1.66. The molecular weight excluding hydrogens is 1380 g/mol. The van der Waals surface area contributed by atoms with Gasteiger partial charge in [-0.2, -0.15) is 10.2 Å². The van der Waals surface area contributed by atoms with Gasteiger partial charge in [0, 0.05) is 108 Å². The molecule has 1 aliphatic heterocycles. The van der Waals surface area contributed by atoms with E-state index in [1.54, 1.807) is 65.3 Å². The normalized spacial score (nSPS) is 12.5. The van der Waals surface area contributed by atoms with Crippen LogP contribution in [0.3, 0.4) is 0 Å². The number of rotatable bonds is 31. The topological polar surface area (TPSA) is 353 Å². The average molecular weight is 1460 g/mol. The summed E-state index contributed by atoms with van der Waals surface area (Å²) in [6.45, 7) is 9.28. The predicted octanol–water partition coefficient (Wildman–Crippen LogP) is 11.5. The minimum Gasteiger partial charge on any atom is -0.445 e. The van der Waals surface area contributed by atoms with E-state index in [1.807, 2.05) is 117 Å². The van der Waals surface area contributed by atoms with E-state index in [0.29, 0.717) is 83.6 Å². The number of nitrogens with zero attached hydrogens (tertiary/aromatic N) is 12. The largest absolute Gasteiger partial charge is 0.445 e. The van der Waals surface area contributed by atoms with Crippen molar-refractivity contribution < 1.29 is 38.3 Å². The standard InChI is InChI=1S/C53H59ClN12O8.C23H20ClN7/c1-33(2)48(63-45(68)15-5-4-6-25-65-46(69)22-23-47(65)70)42(67)27-37(12-9-24-56-52(55)72)51(71)60-40-19-16-35(17-20-40)31-74-53(73)64(28-36-11-8-13-39(54)26-36)30-43-61-49(38-18-21-44-57-32-58-66(44)29-38)50(62-43)41-14-7-10-34(3)59-41;1-15-4-2-7-19(28-15)23-22(17-8-9-21-26-14-27-31(21)13-17)29-20(30-23)12-25-11-16-5-3-6-18(24)10-16/h7-8,10-11,13-14,16-23,26,29,32-33,37,48H,4-6,9,12,15,24-25,27-28,30-31H2,1-3H3,(H,60,71)(H,61,62)(H,63,68)(H3,55,56,72);2-10,13-14,25H,11-12H2,1H3,(H,29,30)/t37-,48+;/m1./s1. The van der Waals surface area contributed by atoms with Gasteiger partial charge in [-0.3, -0.25) is 43.7 Å². The number of benzene rings is 3.